The molecule has 0 saturated heterocycles. The van der Waals surface area contributed by atoms with Gasteiger partial charge in [0.15, 0.2) is 0 Å². The van der Waals surface area contributed by atoms with E-state index in [1.807, 2.05) is 41.3 Å². The maximum atomic E-state index is 13.7. The third-order valence-electron chi connectivity index (χ3n) is 4.52. The maximum Gasteiger partial charge on any atom is 0.223 e. The number of hydrogen-bond acceptors (Lipinski definition) is 1. The zero-order chi connectivity index (χ0) is 17.8. The first kappa shape index (κ1) is 17.7. The summed E-state index contributed by atoms with van der Waals surface area (Å²) in [6, 6.07) is 14.1. The lowest BCUT2D eigenvalue weighted by atomic mass is 10.0. The predicted molar refractivity (Wildman–Crippen MR) is 99.8 cm³/mol. The molecule has 1 aliphatic heterocycles. The van der Waals surface area contributed by atoms with Crippen LogP contribution in [0.3, 0.4) is 0 Å². The minimum Gasteiger partial charge on any atom is -0.328 e. The zero-order valence-corrected chi connectivity index (χ0v) is 15.0. The van der Waals surface area contributed by atoms with Crippen molar-refractivity contribution in [2.75, 3.05) is 6.54 Å². The largest absolute Gasteiger partial charge is 0.328 e. The number of carbonyl (C=O) groups is 1. The molecular weight excluding hydrogens is 337 g/mol. The molecule has 0 saturated carbocycles. The monoisotopic (exact) mass is 357 g/mol. The average Bonchev–Trinajstić information content (AvgIpc) is 3.07. The molecule has 0 bridgehead atoms. The van der Waals surface area contributed by atoms with E-state index in [0.29, 0.717) is 23.6 Å². The third-order valence-corrected chi connectivity index (χ3v) is 4.85. The van der Waals surface area contributed by atoms with Crippen molar-refractivity contribution in [3.05, 3.63) is 76.6 Å². The van der Waals surface area contributed by atoms with Crippen molar-refractivity contribution in [3.63, 3.8) is 0 Å². The van der Waals surface area contributed by atoms with Crippen LogP contribution in [0.15, 0.2) is 54.6 Å². The van der Waals surface area contributed by atoms with E-state index in [1.54, 1.807) is 6.07 Å². The number of benzene rings is 2. The molecule has 2 nitrogen and oxygen atoms in total. The van der Waals surface area contributed by atoms with E-state index in [2.05, 4.69) is 6.92 Å². The van der Waals surface area contributed by atoms with Crippen molar-refractivity contribution in [1.29, 1.82) is 0 Å². The number of halogens is 2. The van der Waals surface area contributed by atoms with Crippen LogP contribution < -0.4 is 0 Å². The molecule has 1 aliphatic rings. The van der Waals surface area contributed by atoms with Crippen LogP contribution in [0.4, 0.5) is 4.39 Å². The van der Waals surface area contributed by atoms with Gasteiger partial charge in [0, 0.05) is 23.6 Å². The first-order valence-electron chi connectivity index (χ1n) is 8.60. The maximum absolute atomic E-state index is 13.7. The number of amides is 1. The van der Waals surface area contributed by atoms with Crippen molar-refractivity contribution in [3.8, 4) is 0 Å². The van der Waals surface area contributed by atoms with Crippen molar-refractivity contribution in [2.45, 2.75) is 32.2 Å². The lowest BCUT2D eigenvalue weighted by molar-refractivity contribution is -0.131. The van der Waals surface area contributed by atoms with Crippen LogP contribution in [0.5, 0.6) is 0 Å². The first-order valence-corrected chi connectivity index (χ1v) is 8.98. The van der Waals surface area contributed by atoms with Crippen LogP contribution in [-0.4, -0.2) is 17.4 Å². The summed E-state index contributed by atoms with van der Waals surface area (Å²) in [4.78, 5) is 14.6. The quantitative estimate of drug-likeness (QED) is 0.678. The highest BCUT2D eigenvalue weighted by atomic mass is 35.5. The van der Waals surface area contributed by atoms with Gasteiger partial charge in [-0.2, -0.15) is 0 Å². The highest BCUT2D eigenvalue weighted by Gasteiger charge is 2.30. The molecule has 3 rings (SSSR count). The van der Waals surface area contributed by atoms with E-state index in [-0.39, 0.29) is 17.8 Å². The van der Waals surface area contributed by atoms with Gasteiger partial charge in [0.25, 0.3) is 0 Å². The fourth-order valence-electron chi connectivity index (χ4n) is 3.17. The fourth-order valence-corrected chi connectivity index (χ4v) is 3.41. The number of hydrogen-bond donors (Lipinski definition) is 0. The van der Waals surface area contributed by atoms with Gasteiger partial charge in [-0.25, -0.2) is 4.39 Å². The molecule has 1 atom stereocenters. The highest BCUT2D eigenvalue weighted by Crippen LogP contribution is 2.37. The number of rotatable bonds is 5. The van der Waals surface area contributed by atoms with Gasteiger partial charge >= 0.3 is 0 Å². The Hall–Kier alpha value is -2.13. The second kappa shape index (κ2) is 7.83. The van der Waals surface area contributed by atoms with Crippen molar-refractivity contribution in [2.24, 2.45) is 0 Å². The molecule has 1 amide bonds. The SMILES string of the molecule is CCCCC(=O)N1CC(c2cc(F)ccc2Cl)=CC1c1ccccc1. The number of nitrogens with zero attached hydrogens (tertiary/aromatic N) is 1. The summed E-state index contributed by atoms with van der Waals surface area (Å²) in [5.74, 6) is -0.207. The van der Waals surface area contributed by atoms with E-state index in [1.165, 1.54) is 12.1 Å². The molecule has 4 heteroatoms. The van der Waals surface area contributed by atoms with Gasteiger partial charge in [0.1, 0.15) is 5.82 Å². The predicted octanol–water partition coefficient (Wildman–Crippen LogP) is 5.64. The molecule has 0 radical (unpaired) electrons. The van der Waals surface area contributed by atoms with Crippen molar-refractivity contribution >= 4 is 23.1 Å². The molecule has 0 aliphatic carbocycles. The summed E-state index contributed by atoms with van der Waals surface area (Å²) in [6.07, 6.45) is 4.40. The minimum atomic E-state index is -0.327. The van der Waals surface area contributed by atoms with Crippen LogP contribution in [0.25, 0.3) is 5.57 Å². The molecule has 130 valence electrons. The van der Waals surface area contributed by atoms with Gasteiger partial charge in [-0.3, -0.25) is 4.79 Å². The molecule has 0 aromatic heterocycles. The Morgan fingerprint density at radius 2 is 2.00 bits per heavy atom. The molecule has 1 heterocycles. The van der Waals surface area contributed by atoms with Gasteiger partial charge < -0.3 is 4.90 Å². The topological polar surface area (TPSA) is 20.3 Å². The lowest BCUT2D eigenvalue weighted by Crippen LogP contribution is -2.31. The Balaban J connectivity index is 1.96. The summed E-state index contributed by atoms with van der Waals surface area (Å²) < 4.78 is 13.7. The standard InChI is InChI=1S/C21H21ClFNO/c1-2-3-9-21(25)24-14-16(18-13-17(23)10-11-19(18)22)12-20(24)15-7-5-4-6-8-15/h4-8,10-13,20H,2-3,9,14H2,1H3. The molecule has 25 heavy (non-hydrogen) atoms. The summed E-state index contributed by atoms with van der Waals surface area (Å²) >= 11 is 6.27. The molecule has 1 unspecified atom stereocenters. The normalized spacial score (nSPS) is 16.8. The Bertz CT molecular complexity index is 788. The molecule has 0 fully saturated rings. The highest BCUT2D eigenvalue weighted by molar-refractivity contribution is 6.32. The van der Waals surface area contributed by atoms with Crippen molar-refractivity contribution < 1.29 is 9.18 Å². The Morgan fingerprint density at radius 1 is 1.24 bits per heavy atom. The zero-order valence-electron chi connectivity index (χ0n) is 14.2. The fraction of sp³-hybridized carbons (Fsp3) is 0.286. The van der Waals surface area contributed by atoms with Gasteiger partial charge in [-0.1, -0.05) is 61.4 Å². The van der Waals surface area contributed by atoms with Crippen LogP contribution in [-0.2, 0) is 4.79 Å². The molecular formula is C21H21ClFNO. The summed E-state index contributed by atoms with van der Waals surface area (Å²) in [6.45, 7) is 2.52. The summed E-state index contributed by atoms with van der Waals surface area (Å²) in [5.41, 5.74) is 2.60. The van der Waals surface area contributed by atoms with Gasteiger partial charge in [-0.05, 0) is 35.8 Å². The van der Waals surface area contributed by atoms with Crippen LogP contribution in [0.1, 0.15) is 43.4 Å². The average molecular weight is 358 g/mol. The van der Waals surface area contributed by atoms with E-state index in [4.69, 9.17) is 11.6 Å². The van der Waals surface area contributed by atoms with Crippen LogP contribution in [0.2, 0.25) is 5.02 Å². The third kappa shape index (κ3) is 3.93. The minimum absolute atomic E-state index is 0.120. The molecule has 2 aromatic rings. The first-order chi connectivity index (χ1) is 12.1. The second-order valence-corrected chi connectivity index (χ2v) is 6.70. The van der Waals surface area contributed by atoms with Gasteiger partial charge in [0.05, 0.1) is 6.04 Å². The molecule has 2 aromatic carbocycles. The van der Waals surface area contributed by atoms with Crippen molar-refractivity contribution in [1.82, 2.24) is 4.90 Å². The molecule has 0 N–H and O–H groups in total. The Morgan fingerprint density at radius 3 is 2.72 bits per heavy atom. The lowest BCUT2D eigenvalue weighted by Gasteiger charge is -2.25. The number of unbranched alkanes of at least 4 members (excludes halogenated alkanes) is 1. The summed E-state index contributed by atoms with van der Waals surface area (Å²) in [7, 11) is 0. The molecule has 0 spiro atoms. The van der Waals surface area contributed by atoms with E-state index >= 15 is 0 Å². The van der Waals surface area contributed by atoms with E-state index in [0.717, 1.165) is 24.0 Å². The summed E-state index contributed by atoms with van der Waals surface area (Å²) in [5, 5.41) is 0.502. The van der Waals surface area contributed by atoms with Gasteiger partial charge in [-0.15, -0.1) is 0 Å². The Labute approximate surface area is 152 Å². The number of carbonyl (C=O) groups excluding carboxylic acids is 1. The van der Waals surface area contributed by atoms with Gasteiger partial charge in [0.2, 0.25) is 5.91 Å². The van der Waals surface area contributed by atoms with E-state index in [9.17, 15) is 9.18 Å². The smallest absolute Gasteiger partial charge is 0.223 e. The van der Waals surface area contributed by atoms with E-state index < -0.39 is 0 Å². The van der Waals surface area contributed by atoms with Crippen LogP contribution in [0, 0.1) is 5.82 Å². The van der Waals surface area contributed by atoms with Crippen LogP contribution >= 0.6 is 11.6 Å². The Kier molecular flexibility index (Phi) is 5.54. The second-order valence-electron chi connectivity index (χ2n) is 6.30.